The Kier molecular flexibility index (Phi) is 3.87. The fourth-order valence-electron chi connectivity index (χ4n) is 4.13. The molecule has 2 saturated heterocycles. The Labute approximate surface area is 144 Å². The molecule has 1 aromatic rings. The Bertz CT molecular complexity index is 640. The van der Waals surface area contributed by atoms with Gasteiger partial charge in [0.25, 0.3) is 5.91 Å². The van der Waals surface area contributed by atoms with E-state index < -0.39 is 0 Å². The summed E-state index contributed by atoms with van der Waals surface area (Å²) in [4.78, 5) is 26.5. The maximum atomic E-state index is 12.9. The average molecular weight is 329 g/mol. The number of carbonyl (C=O) groups is 1. The molecule has 0 N–H and O–H groups in total. The number of rotatable bonds is 2. The van der Waals surface area contributed by atoms with Gasteiger partial charge >= 0.3 is 0 Å². The normalized spacial score (nSPS) is 24.6. The maximum absolute atomic E-state index is 12.9. The molecule has 0 bridgehead atoms. The van der Waals surface area contributed by atoms with Crippen molar-refractivity contribution in [3.8, 4) is 0 Å². The van der Waals surface area contributed by atoms with Gasteiger partial charge in [0, 0.05) is 45.8 Å². The molecular weight excluding hydrogens is 302 g/mol. The molecule has 6 heteroatoms. The number of amides is 1. The minimum atomic E-state index is -0.108. The Morgan fingerprint density at radius 3 is 2.62 bits per heavy atom. The number of fused-ring (bicyclic) bond motifs is 3. The highest BCUT2D eigenvalue weighted by Crippen LogP contribution is 2.38. The number of hydrogen-bond donors (Lipinski definition) is 0. The lowest BCUT2D eigenvalue weighted by atomic mass is 10.0. The fraction of sp³-hybridized carbons (Fsp3) is 0.667. The number of aromatic nitrogens is 1. The van der Waals surface area contributed by atoms with Crippen LogP contribution in [0.25, 0.3) is 0 Å². The zero-order valence-corrected chi connectivity index (χ0v) is 14.9. The molecule has 1 amide bonds. The first-order valence-electron chi connectivity index (χ1n) is 9.09. The van der Waals surface area contributed by atoms with Crippen LogP contribution < -0.4 is 14.7 Å². The van der Waals surface area contributed by atoms with Crippen molar-refractivity contribution in [2.45, 2.75) is 38.8 Å². The zero-order chi connectivity index (χ0) is 16.8. The summed E-state index contributed by atoms with van der Waals surface area (Å²) in [6.45, 7) is 9.21. The fourth-order valence-corrected chi connectivity index (χ4v) is 4.13. The third kappa shape index (κ3) is 2.44. The zero-order valence-electron chi connectivity index (χ0n) is 14.9. The first kappa shape index (κ1) is 15.7. The molecule has 4 rings (SSSR count). The van der Waals surface area contributed by atoms with Gasteiger partial charge in [-0.3, -0.25) is 9.69 Å². The summed E-state index contributed by atoms with van der Waals surface area (Å²) >= 11 is 0. The molecule has 0 aliphatic carbocycles. The molecule has 1 aromatic heterocycles. The van der Waals surface area contributed by atoms with Crippen molar-refractivity contribution in [1.82, 2.24) is 9.88 Å². The van der Waals surface area contributed by atoms with Crippen molar-refractivity contribution in [2.75, 3.05) is 54.5 Å². The van der Waals surface area contributed by atoms with Gasteiger partial charge in [0.2, 0.25) is 0 Å². The number of carbonyl (C=O) groups excluding carboxylic acids is 1. The lowest BCUT2D eigenvalue weighted by molar-refractivity contribution is -0.121. The number of anilines is 3. The summed E-state index contributed by atoms with van der Waals surface area (Å²) in [6.07, 6.45) is 4.47. The van der Waals surface area contributed by atoms with Crippen LogP contribution in [0.3, 0.4) is 0 Å². The van der Waals surface area contributed by atoms with Crippen LogP contribution in [-0.2, 0) is 4.79 Å². The number of pyridine rings is 1. The SMILES string of the molecule is CC(C)N1CCN2c3ncc(N4CCCC4)cc3N(C)C(=O)[C@@H]2C1. The van der Waals surface area contributed by atoms with Gasteiger partial charge in [-0.2, -0.15) is 0 Å². The molecule has 1 atom stereocenters. The summed E-state index contributed by atoms with van der Waals surface area (Å²) < 4.78 is 0. The number of nitrogens with zero attached hydrogens (tertiary/aromatic N) is 5. The van der Waals surface area contributed by atoms with Crippen molar-refractivity contribution in [1.29, 1.82) is 0 Å². The largest absolute Gasteiger partial charge is 0.370 e. The molecule has 0 saturated carbocycles. The molecule has 0 unspecified atom stereocenters. The van der Waals surface area contributed by atoms with Crippen molar-refractivity contribution in [3.63, 3.8) is 0 Å². The number of piperazine rings is 1. The van der Waals surface area contributed by atoms with Crippen LogP contribution in [0.5, 0.6) is 0 Å². The van der Waals surface area contributed by atoms with E-state index in [4.69, 9.17) is 4.98 Å². The maximum Gasteiger partial charge on any atom is 0.250 e. The minimum absolute atomic E-state index is 0.108. The van der Waals surface area contributed by atoms with E-state index in [0.29, 0.717) is 6.04 Å². The topological polar surface area (TPSA) is 42.9 Å². The molecule has 6 nitrogen and oxygen atoms in total. The summed E-state index contributed by atoms with van der Waals surface area (Å²) in [7, 11) is 1.89. The molecule has 130 valence electrons. The van der Waals surface area contributed by atoms with E-state index in [1.54, 1.807) is 0 Å². The van der Waals surface area contributed by atoms with E-state index in [0.717, 1.165) is 49.9 Å². The van der Waals surface area contributed by atoms with E-state index in [1.807, 2.05) is 18.1 Å². The Balaban J connectivity index is 1.67. The summed E-state index contributed by atoms with van der Waals surface area (Å²) in [5.41, 5.74) is 2.10. The van der Waals surface area contributed by atoms with Crippen molar-refractivity contribution in [2.24, 2.45) is 0 Å². The van der Waals surface area contributed by atoms with Crippen LogP contribution in [0.1, 0.15) is 26.7 Å². The molecule has 3 aliphatic heterocycles. The average Bonchev–Trinajstić information content (AvgIpc) is 3.13. The third-order valence-electron chi connectivity index (χ3n) is 5.70. The minimum Gasteiger partial charge on any atom is -0.370 e. The van der Waals surface area contributed by atoms with Gasteiger partial charge in [0.1, 0.15) is 6.04 Å². The Hall–Kier alpha value is -1.82. The summed E-state index contributed by atoms with van der Waals surface area (Å²) in [5, 5.41) is 0. The van der Waals surface area contributed by atoms with Gasteiger partial charge in [0.15, 0.2) is 5.82 Å². The predicted molar refractivity (Wildman–Crippen MR) is 96.9 cm³/mol. The van der Waals surface area contributed by atoms with Crippen LogP contribution in [0.15, 0.2) is 12.3 Å². The smallest absolute Gasteiger partial charge is 0.250 e. The molecule has 0 radical (unpaired) electrons. The number of hydrogen-bond acceptors (Lipinski definition) is 5. The van der Waals surface area contributed by atoms with Crippen molar-refractivity contribution >= 4 is 23.1 Å². The lowest BCUT2D eigenvalue weighted by Crippen LogP contribution is -2.63. The van der Waals surface area contributed by atoms with Gasteiger partial charge < -0.3 is 14.7 Å². The van der Waals surface area contributed by atoms with Crippen molar-refractivity contribution < 1.29 is 4.79 Å². The monoisotopic (exact) mass is 329 g/mol. The summed E-state index contributed by atoms with van der Waals surface area (Å²) in [5.74, 6) is 1.15. The highest BCUT2D eigenvalue weighted by atomic mass is 16.2. The predicted octanol–water partition coefficient (Wildman–Crippen LogP) is 1.56. The lowest BCUT2D eigenvalue weighted by Gasteiger charge is -2.47. The van der Waals surface area contributed by atoms with E-state index in [1.165, 1.54) is 12.8 Å². The summed E-state index contributed by atoms with van der Waals surface area (Å²) in [6, 6.07) is 2.51. The molecule has 3 aliphatic rings. The van der Waals surface area contributed by atoms with Gasteiger partial charge in [-0.1, -0.05) is 0 Å². The first-order valence-corrected chi connectivity index (χ1v) is 9.09. The van der Waals surface area contributed by atoms with Crippen molar-refractivity contribution in [3.05, 3.63) is 12.3 Å². The van der Waals surface area contributed by atoms with E-state index in [9.17, 15) is 4.79 Å². The van der Waals surface area contributed by atoms with E-state index >= 15 is 0 Å². The Morgan fingerprint density at radius 1 is 1.17 bits per heavy atom. The molecule has 2 fully saturated rings. The standard InChI is InChI=1S/C18H27N5O/c1-13(2)22-8-9-23-16(12-22)18(24)20(3)15-10-14(11-19-17(15)23)21-6-4-5-7-21/h10-11,13,16H,4-9,12H2,1-3H3/t16-/m0/s1. The number of likely N-dealkylation sites (N-methyl/N-ethyl adjacent to an activating group) is 1. The molecule has 0 spiro atoms. The van der Waals surface area contributed by atoms with Crippen LogP contribution >= 0.6 is 0 Å². The molecule has 24 heavy (non-hydrogen) atoms. The third-order valence-corrected chi connectivity index (χ3v) is 5.70. The molecular formula is C18H27N5O. The quantitative estimate of drug-likeness (QED) is 0.824. The van der Waals surface area contributed by atoms with E-state index in [2.05, 4.69) is 34.6 Å². The molecule has 0 aromatic carbocycles. The highest BCUT2D eigenvalue weighted by molar-refractivity contribution is 6.05. The molecule has 4 heterocycles. The van der Waals surface area contributed by atoms with Crippen LogP contribution in [0.2, 0.25) is 0 Å². The second kappa shape index (κ2) is 5.92. The second-order valence-electron chi connectivity index (χ2n) is 7.43. The van der Waals surface area contributed by atoms with Crippen LogP contribution in [0, 0.1) is 0 Å². The van der Waals surface area contributed by atoms with Crippen LogP contribution in [-0.4, -0.2) is 67.6 Å². The highest BCUT2D eigenvalue weighted by Gasteiger charge is 2.41. The second-order valence-corrected chi connectivity index (χ2v) is 7.43. The van der Waals surface area contributed by atoms with Gasteiger partial charge in [0.05, 0.1) is 17.6 Å². The van der Waals surface area contributed by atoms with Gasteiger partial charge in [-0.15, -0.1) is 0 Å². The first-order chi connectivity index (χ1) is 11.6. The van der Waals surface area contributed by atoms with Gasteiger partial charge in [-0.05, 0) is 32.8 Å². The Morgan fingerprint density at radius 2 is 1.92 bits per heavy atom. The van der Waals surface area contributed by atoms with Gasteiger partial charge in [-0.25, -0.2) is 4.98 Å². The van der Waals surface area contributed by atoms with E-state index in [-0.39, 0.29) is 11.9 Å². The van der Waals surface area contributed by atoms with Crippen LogP contribution in [0.4, 0.5) is 17.2 Å².